The van der Waals surface area contributed by atoms with Crippen molar-refractivity contribution < 1.29 is 37.0 Å². The highest BCUT2D eigenvalue weighted by Crippen LogP contribution is 2.58. The standard InChI is InChI=1S/C18H16BrF3O5/c1-9(23)12-8-17(15(24)26-2,16(25)27-3)14(18(20,21)22)13(12)10-4-6-11(19)7-5-10/h4-8,13-14H,1-3H3/t13-,14+/m0/s1. The lowest BCUT2D eigenvalue weighted by molar-refractivity contribution is -0.216. The van der Waals surface area contributed by atoms with Gasteiger partial charge >= 0.3 is 18.1 Å². The second kappa shape index (κ2) is 7.46. The Morgan fingerprint density at radius 2 is 1.52 bits per heavy atom. The molecule has 0 unspecified atom stereocenters. The van der Waals surface area contributed by atoms with E-state index in [0.717, 1.165) is 27.2 Å². The number of esters is 2. The van der Waals surface area contributed by atoms with Crippen molar-refractivity contribution in [2.24, 2.45) is 11.3 Å². The van der Waals surface area contributed by atoms with Gasteiger partial charge in [0.05, 0.1) is 20.1 Å². The average molecular weight is 449 g/mol. The van der Waals surface area contributed by atoms with Gasteiger partial charge in [-0.25, -0.2) is 0 Å². The topological polar surface area (TPSA) is 69.7 Å². The van der Waals surface area contributed by atoms with Crippen molar-refractivity contribution in [3.8, 4) is 0 Å². The van der Waals surface area contributed by atoms with Gasteiger partial charge in [0.25, 0.3) is 0 Å². The van der Waals surface area contributed by atoms with Gasteiger partial charge < -0.3 is 9.47 Å². The second-order valence-electron chi connectivity index (χ2n) is 6.06. The summed E-state index contributed by atoms with van der Waals surface area (Å²) in [4.78, 5) is 36.9. The fourth-order valence-corrected chi connectivity index (χ4v) is 3.73. The Balaban J connectivity index is 2.84. The molecule has 0 fully saturated rings. The molecular formula is C18H16BrF3O5. The molecule has 1 aromatic carbocycles. The van der Waals surface area contributed by atoms with Crippen LogP contribution in [0.15, 0.2) is 40.4 Å². The van der Waals surface area contributed by atoms with Crippen molar-refractivity contribution in [3.05, 3.63) is 46.0 Å². The number of ether oxygens (including phenoxy) is 2. The lowest BCUT2D eigenvalue weighted by Gasteiger charge is -2.34. The lowest BCUT2D eigenvalue weighted by Crippen LogP contribution is -2.50. The molecule has 146 valence electrons. The maximum atomic E-state index is 14.1. The predicted octanol–water partition coefficient (Wildman–Crippen LogP) is 3.57. The number of rotatable bonds is 4. The van der Waals surface area contributed by atoms with E-state index in [-0.39, 0.29) is 11.1 Å². The molecule has 2 rings (SSSR count). The van der Waals surface area contributed by atoms with Crippen LogP contribution in [0.3, 0.4) is 0 Å². The highest BCUT2D eigenvalue weighted by molar-refractivity contribution is 9.10. The van der Waals surface area contributed by atoms with Crippen LogP contribution in [0.4, 0.5) is 13.2 Å². The zero-order chi connectivity index (χ0) is 20.6. The van der Waals surface area contributed by atoms with Gasteiger partial charge in [0.1, 0.15) is 0 Å². The maximum absolute atomic E-state index is 14.1. The molecule has 9 heteroatoms. The van der Waals surface area contributed by atoms with Crippen LogP contribution in [0.25, 0.3) is 0 Å². The third-order valence-electron chi connectivity index (χ3n) is 4.58. The third-order valence-corrected chi connectivity index (χ3v) is 5.11. The largest absolute Gasteiger partial charge is 0.468 e. The van der Waals surface area contributed by atoms with Crippen LogP contribution >= 0.6 is 15.9 Å². The second-order valence-corrected chi connectivity index (χ2v) is 6.97. The lowest BCUT2D eigenvalue weighted by atomic mass is 9.71. The highest BCUT2D eigenvalue weighted by atomic mass is 79.9. The van der Waals surface area contributed by atoms with Crippen LogP contribution in [-0.2, 0) is 23.9 Å². The van der Waals surface area contributed by atoms with E-state index in [1.54, 1.807) is 0 Å². The Morgan fingerprint density at radius 1 is 1.04 bits per heavy atom. The molecule has 0 aromatic heterocycles. The van der Waals surface area contributed by atoms with Gasteiger partial charge in [0.2, 0.25) is 0 Å². The van der Waals surface area contributed by atoms with E-state index in [1.807, 2.05) is 0 Å². The van der Waals surface area contributed by atoms with Crippen molar-refractivity contribution in [1.29, 1.82) is 0 Å². The van der Waals surface area contributed by atoms with Gasteiger partial charge in [0, 0.05) is 16.0 Å². The van der Waals surface area contributed by atoms with E-state index in [0.29, 0.717) is 4.47 Å². The fourth-order valence-electron chi connectivity index (χ4n) is 3.47. The zero-order valence-electron chi connectivity index (χ0n) is 14.6. The van der Waals surface area contributed by atoms with E-state index in [1.165, 1.54) is 24.3 Å². The molecule has 0 amide bonds. The van der Waals surface area contributed by atoms with Crippen molar-refractivity contribution in [2.45, 2.75) is 19.0 Å². The molecule has 0 heterocycles. The van der Waals surface area contributed by atoms with Crippen molar-refractivity contribution >= 4 is 33.7 Å². The number of alkyl halides is 3. The van der Waals surface area contributed by atoms with Crippen LogP contribution in [0, 0.1) is 11.3 Å². The number of methoxy groups -OCH3 is 2. The zero-order valence-corrected chi connectivity index (χ0v) is 16.2. The van der Waals surface area contributed by atoms with Gasteiger partial charge in [-0.3, -0.25) is 14.4 Å². The first-order valence-electron chi connectivity index (χ1n) is 7.73. The minimum absolute atomic E-state index is 0.136. The smallest absolute Gasteiger partial charge is 0.394 e. The van der Waals surface area contributed by atoms with Crippen molar-refractivity contribution in [2.75, 3.05) is 14.2 Å². The number of carbonyl (C=O) groups excluding carboxylic acids is 3. The number of ketones is 1. The number of hydrogen-bond acceptors (Lipinski definition) is 5. The van der Waals surface area contributed by atoms with Crippen molar-refractivity contribution in [3.63, 3.8) is 0 Å². The van der Waals surface area contributed by atoms with Crippen LogP contribution < -0.4 is 0 Å². The molecule has 0 spiro atoms. The first-order chi connectivity index (χ1) is 12.5. The van der Waals surface area contributed by atoms with E-state index >= 15 is 0 Å². The number of benzene rings is 1. The average Bonchev–Trinajstić information content (AvgIpc) is 2.98. The quantitative estimate of drug-likeness (QED) is 0.520. The number of halogens is 4. The third kappa shape index (κ3) is 3.52. The molecule has 0 aliphatic heterocycles. The molecule has 1 aliphatic rings. The summed E-state index contributed by atoms with van der Waals surface area (Å²) in [7, 11) is 1.74. The molecule has 0 saturated heterocycles. The van der Waals surface area contributed by atoms with E-state index in [9.17, 15) is 27.6 Å². The first kappa shape index (κ1) is 21.1. The number of allylic oxidation sites excluding steroid dienone is 1. The Kier molecular flexibility index (Phi) is 5.84. The first-order valence-corrected chi connectivity index (χ1v) is 8.52. The van der Waals surface area contributed by atoms with Crippen LogP contribution in [0.1, 0.15) is 18.4 Å². The Labute approximate surface area is 161 Å². The van der Waals surface area contributed by atoms with Gasteiger partial charge in [-0.2, -0.15) is 13.2 Å². The van der Waals surface area contributed by atoms with Gasteiger partial charge in [-0.15, -0.1) is 0 Å². The van der Waals surface area contributed by atoms with Crippen LogP contribution in [-0.4, -0.2) is 38.1 Å². The van der Waals surface area contributed by atoms with Gasteiger partial charge in [0.15, 0.2) is 11.2 Å². The van der Waals surface area contributed by atoms with E-state index in [2.05, 4.69) is 25.4 Å². The molecule has 1 aromatic rings. The molecule has 0 radical (unpaired) electrons. The summed E-state index contributed by atoms with van der Waals surface area (Å²) in [6.45, 7) is 1.08. The minimum Gasteiger partial charge on any atom is -0.468 e. The number of hydrogen-bond donors (Lipinski definition) is 0. The summed E-state index contributed by atoms with van der Waals surface area (Å²) < 4.78 is 52.0. The molecular weight excluding hydrogens is 433 g/mol. The minimum atomic E-state index is -5.01. The van der Waals surface area contributed by atoms with Crippen LogP contribution in [0.2, 0.25) is 0 Å². The molecule has 5 nitrogen and oxygen atoms in total. The van der Waals surface area contributed by atoms with E-state index < -0.39 is 41.1 Å². The highest BCUT2D eigenvalue weighted by Gasteiger charge is 2.69. The summed E-state index contributed by atoms with van der Waals surface area (Å²) in [5.41, 5.74) is -2.97. The maximum Gasteiger partial charge on any atom is 0.394 e. The SMILES string of the molecule is COC(=O)C1(C(=O)OC)C=C(C(C)=O)[C@H](c2ccc(Br)cc2)[C@H]1C(F)(F)F. The fraction of sp³-hybridized carbons (Fsp3) is 0.389. The van der Waals surface area contributed by atoms with Gasteiger partial charge in [-0.05, 0) is 30.7 Å². The Morgan fingerprint density at radius 3 is 1.89 bits per heavy atom. The monoisotopic (exact) mass is 448 g/mol. The summed E-state index contributed by atoms with van der Waals surface area (Å²) in [5, 5.41) is 0. The number of Topliss-reactive ketones (excluding diaryl/α,β-unsaturated/α-hetero) is 1. The van der Waals surface area contributed by atoms with E-state index in [4.69, 9.17) is 0 Å². The van der Waals surface area contributed by atoms with Crippen LogP contribution in [0.5, 0.6) is 0 Å². The summed E-state index contributed by atoms with van der Waals surface area (Å²) in [6, 6.07) is 5.82. The molecule has 0 bridgehead atoms. The predicted molar refractivity (Wildman–Crippen MR) is 91.7 cm³/mol. The normalized spacial score (nSPS) is 21.4. The molecule has 27 heavy (non-hydrogen) atoms. The molecule has 1 aliphatic carbocycles. The van der Waals surface area contributed by atoms with Crippen molar-refractivity contribution in [1.82, 2.24) is 0 Å². The van der Waals surface area contributed by atoms with Gasteiger partial charge in [-0.1, -0.05) is 28.1 Å². The summed E-state index contributed by atoms with van der Waals surface area (Å²) in [6.07, 6.45) is -4.26. The molecule has 0 saturated carbocycles. The molecule has 0 N–H and O–H groups in total. The Hall–Kier alpha value is -2.16. The summed E-state index contributed by atoms with van der Waals surface area (Å²) in [5.74, 6) is -7.67. The molecule has 2 atom stereocenters. The Bertz CT molecular complexity index is 782. The summed E-state index contributed by atoms with van der Waals surface area (Å²) >= 11 is 3.19. The number of carbonyl (C=O) groups is 3.